The van der Waals surface area contributed by atoms with Gasteiger partial charge in [-0.05, 0) is 12.8 Å². The van der Waals surface area contributed by atoms with Crippen molar-refractivity contribution >= 4 is 35.6 Å². The van der Waals surface area contributed by atoms with Gasteiger partial charge >= 0.3 is 17.9 Å². The second-order valence-electron chi connectivity index (χ2n) is 6.63. The van der Waals surface area contributed by atoms with Gasteiger partial charge in [0.05, 0.1) is 19.1 Å². The molecule has 0 rings (SSSR count). The minimum Gasteiger partial charge on any atom is -0.481 e. The summed E-state index contributed by atoms with van der Waals surface area (Å²) in [6.45, 7) is 0.784. The Morgan fingerprint density at radius 1 is 0.774 bits per heavy atom. The molecule has 0 aromatic carbocycles. The summed E-state index contributed by atoms with van der Waals surface area (Å²) >= 11 is 0. The molecule has 3 amide bonds. The average molecular weight is 448 g/mol. The molecule has 0 bridgehead atoms. The molecule has 0 aromatic heterocycles. The van der Waals surface area contributed by atoms with Gasteiger partial charge in [-0.3, -0.25) is 24.0 Å². The van der Waals surface area contributed by atoms with E-state index in [-0.39, 0.29) is 6.42 Å². The number of hydrogen-bond donors (Lipinski definition) is 8. The fraction of sp³-hybridized carbons (Fsp3) is 0.647. The number of carboxylic acids is 3. The van der Waals surface area contributed by atoms with Crippen LogP contribution < -0.4 is 21.7 Å². The Balaban J connectivity index is 5.27. The van der Waals surface area contributed by atoms with Crippen molar-refractivity contribution in [2.75, 3.05) is 6.61 Å². The van der Waals surface area contributed by atoms with Crippen LogP contribution in [-0.2, 0) is 28.8 Å². The first-order chi connectivity index (χ1) is 14.4. The van der Waals surface area contributed by atoms with E-state index in [0.717, 1.165) is 0 Å². The molecule has 0 spiro atoms. The summed E-state index contributed by atoms with van der Waals surface area (Å²) < 4.78 is 0. The third kappa shape index (κ3) is 10.9. The number of hydrogen-bond acceptors (Lipinski definition) is 8. The summed E-state index contributed by atoms with van der Waals surface area (Å²) in [6.07, 6.45) is -1.17. The molecular weight excluding hydrogens is 420 g/mol. The number of nitrogens with two attached hydrogens (primary N) is 1. The van der Waals surface area contributed by atoms with Crippen molar-refractivity contribution < 1.29 is 49.2 Å². The molecule has 0 fully saturated rings. The maximum atomic E-state index is 12.5. The molecule has 0 aromatic rings. The van der Waals surface area contributed by atoms with E-state index < -0.39 is 85.7 Å². The molecule has 0 aliphatic heterocycles. The lowest BCUT2D eigenvalue weighted by Crippen LogP contribution is -2.58. The lowest BCUT2D eigenvalue weighted by atomic mass is 10.1. The van der Waals surface area contributed by atoms with Crippen molar-refractivity contribution in [1.29, 1.82) is 0 Å². The number of rotatable bonds is 15. The second kappa shape index (κ2) is 13.9. The number of carboxylic acid groups (broad SMARTS) is 3. The van der Waals surface area contributed by atoms with Gasteiger partial charge in [-0.2, -0.15) is 0 Å². The maximum Gasteiger partial charge on any atom is 0.326 e. The Bertz CT molecular complexity index is 684. The van der Waals surface area contributed by atoms with E-state index in [4.69, 9.17) is 21.1 Å². The van der Waals surface area contributed by atoms with Crippen LogP contribution in [0.15, 0.2) is 0 Å². The SMILES string of the molecule is CCC[C@H](NC(=O)[C@@H](CO)NC(=O)[C@H](CCC(=O)O)NC(=O)[C@@H](N)CC(=O)O)C(=O)O. The Kier molecular flexibility index (Phi) is 12.4. The van der Waals surface area contributed by atoms with E-state index in [2.05, 4.69) is 16.0 Å². The van der Waals surface area contributed by atoms with E-state index in [1.54, 1.807) is 6.92 Å². The zero-order chi connectivity index (χ0) is 24.1. The van der Waals surface area contributed by atoms with Gasteiger partial charge in [0.25, 0.3) is 0 Å². The van der Waals surface area contributed by atoms with Gasteiger partial charge in [-0.25, -0.2) is 4.79 Å². The van der Waals surface area contributed by atoms with Crippen molar-refractivity contribution in [2.24, 2.45) is 5.73 Å². The Morgan fingerprint density at radius 3 is 1.74 bits per heavy atom. The smallest absolute Gasteiger partial charge is 0.326 e. The van der Waals surface area contributed by atoms with Gasteiger partial charge in [-0.15, -0.1) is 0 Å². The zero-order valence-electron chi connectivity index (χ0n) is 16.9. The van der Waals surface area contributed by atoms with E-state index in [0.29, 0.717) is 6.42 Å². The minimum atomic E-state index is -1.58. The van der Waals surface area contributed by atoms with Gasteiger partial charge in [0.15, 0.2) is 0 Å². The highest BCUT2D eigenvalue weighted by atomic mass is 16.4. The molecule has 0 saturated carbocycles. The molecule has 14 heteroatoms. The Hall–Kier alpha value is -3.26. The van der Waals surface area contributed by atoms with Gasteiger partial charge in [0.1, 0.15) is 18.1 Å². The maximum absolute atomic E-state index is 12.5. The van der Waals surface area contributed by atoms with Crippen LogP contribution in [0.5, 0.6) is 0 Å². The van der Waals surface area contributed by atoms with Crippen LogP contribution in [0, 0.1) is 0 Å². The fourth-order valence-corrected chi connectivity index (χ4v) is 2.38. The second-order valence-corrected chi connectivity index (χ2v) is 6.63. The highest BCUT2D eigenvalue weighted by Crippen LogP contribution is 2.02. The molecular formula is C17H28N4O10. The van der Waals surface area contributed by atoms with Crippen LogP contribution in [0.3, 0.4) is 0 Å². The third-order valence-electron chi connectivity index (χ3n) is 4.02. The van der Waals surface area contributed by atoms with Crippen LogP contribution in [0.4, 0.5) is 0 Å². The lowest BCUT2D eigenvalue weighted by Gasteiger charge is -2.24. The number of aliphatic hydroxyl groups is 1. The van der Waals surface area contributed by atoms with Crippen LogP contribution in [-0.4, -0.2) is 86.8 Å². The number of aliphatic hydroxyl groups excluding tert-OH is 1. The standard InChI is InChI=1S/C17H28N4O10/c1-2-3-10(17(30)31)20-16(29)11(7-22)21-15(28)9(4-5-12(23)24)19-14(27)8(18)6-13(25)26/h8-11,22H,2-7,18H2,1H3,(H,19,27)(H,20,29)(H,21,28)(H,23,24)(H,25,26)(H,30,31)/t8-,9-,10-,11+/m0/s1. The van der Waals surface area contributed by atoms with Crippen LogP contribution in [0.2, 0.25) is 0 Å². The van der Waals surface area contributed by atoms with Crippen molar-refractivity contribution in [3.63, 3.8) is 0 Å². The summed E-state index contributed by atoms with van der Waals surface area (Å²) in [5.41, 5.74) is 5.41. The summed E-state index contributed by atoms with van der Waals surface area (Å²) in [5.74, 6) is -7.05. The fourth-order valence-electron chi connectivity index (χ4n) is 2.38. The average Bonchev–Trinajstić information content (AvgIpc) is 2.67. The van der Waals surface area contributed by atoms with Gasteiger partial charge in [0.2, 0.25) is 17.7 Å². The first-order valence-electron chi connectivity index (χ1n) is 9.36. The zero-order valence-corrected chi connectivity index (χ0v) is 16.9. The first kappa shape index (κ1) is 27.7. The molecule has 0 aliphatic carbocycles. The quantitative estimate of drug-likeness (QED) is 0.125. The van der Waals surface area contributed by atoms with E-state index >= 15 is 0 Å². The molecule has 0 radical (unpaired) electrons. The van der Waals surface area contributed by atoms with Crippen molar-refractivity contribution in [1.82, 2.24) is 16.0 Å². The molecule has 0 aliphatic rings. The molecule has 0 heterocycles. The molecule has 0 saturated heterocycles. The van der Waals surface area contributed by atoms with E-state index in [9.17, 15) is 33.9 Å². The first-order valence-corrected chi connectivity index (χ1v) is 9.36. The van der Waals surface area contributed by atoms with Gasteiger partial charge < -0.3 is 42.1 Å². The Morgan fingerprint density at radius 2 is 1.29 bits per heavy atom. The Labute approximate surface area is 177 Å². The van der Waals surface area contributed by atoms with E-state index in [1.807, 2.05) is 0 Å². The molecule has 0 unspecified atom stereocenters. The normalized spacial score (nSPS) is 14.4. The highest BCUT2D eigenvalue weighted by molar-refractivity contribution is 5.95. The number of carbonyl (C=O) groups excluding carboxylic acids is 3. The van der Waals surface area contributed by atoms with Crippen molar-refractivity contribution in [2.45, 2.75) is 63.2 Å². The van der Waals surface area contributed by atoms with Crippen LogP contribution in [0.1, 0.15) is 39.0 Å². The number of carbonyl (C=O) groups is 6. The predicted octanol–water partition coefficient (Wildman–Crippen LogP) is -3.02. The van der Waals surface area contributed by atoms with Crippen LogP contribution >= 0.6 is 0 Å². The van der Waals surface area contributed by atoms with Crippen LogP contribution in [0.25, 0.3) is 0 Å². The third-order valence-corrected chi connectivity index (χ3v) is 4.02. The minimum absolute atomic E-state index is 0.103. The lowest BCUT2D eigenvalue weighted by molar-refractivity contribution is -0.142. The molecule has 14 nitrogen and oxygen atoms in total. The molecule has 31 heavy (non-hydrogen) atoms. The molecule has 176 valence electrons. The van der Waals surface area contributed by atoms with Crippen molar-refractivity contribution in [3.05, 3.63) is 0 Å². The van der Waals surface area contributed by atoms with Gasteiger partial charge in [-0.1, -0.05) is 13.3 Å². The summed E-state index contributed by atoms with van der Waals surface area (Å²) in [4.78, 5) is 69.3. The number of nitrogens with one attached hydrogen (secondary N) is 3. The number of aliphatic carboxylic acids is 3. The molecule has 4 atom stereocenters. The largest absolute Gasteiger partial charge is 0.481 e. The van der Waals surface area contributed by atoms with Gasteiger partial charge in [0, 0.05) is 6.42 Å². The summed E-state index contributed by atoms with van der Waals surface area (Å²) in [6, 6.07) is -5.85. The summed E-state index contributed by atoms with van der Waals surface area (Å²) in [5, 5.41) is 42.4. The molecule has 9 N–H and O–H groups in total. The predicted molar refractivity (Wildman–Crippen MR) is 103 cm³/mol. The number of amides is 3. The van der Waals surface area contributed by atoms with Crippen molar-refractivity contribution in [3.8, 4) is 0 Å². The monoisotopic (exact) mass is 448 g/mol. The summed E-state index contributed by atoms with van der Waals surface area (Å²) in [7, 11) is 0. The topological polar surface area (TPSA) is 245 Å². The highest BCUT2D eigenvalue weighted by Gasteiger charge is 2.30. The van der Waals surface area contributed by atoms with E-state index in [1.165, 1.54) is 0 Å².